The Morgan fingerprint density at radius 2 is 2.03 bits per heavy atom. The van der Waals surface area contributed by atoms with Crippen LogP contribution in [0.2, 0.25) is 0 Å². The van der Waals surface area contributed by atoms with Gasteiger partial charge in [0.05, 0.1) is 36.5 Å². The van der Waals surface area contributed by atoms with Crippen molar-refractivity contribution in [3.63, 3.8) is 0 Å². The summed E-state index contributed by atoms with van der Waals surface area (Å²) >= 11 is 0. The maximum atomic E-state index is 12.8. The number of benzene rings is 1. The summed E-state index contributed by atoms with van der Waals surface area (Å²) in [6, 6.07) is 10.5. The molecule has 1 atom stereocenters. The van der Waals surface area contributed by atoms with Crippen LogP contribution >= 0.6 is 0 Å². The SMILES string of the molecule is CN(C(=O)CN1CCC[C@@H](C(N)=O)C1)c1ccccc1C(=O)NCc1ccco1. The third kappa shape index (κ3) is 5.23. The molecule has 0 radical (unpaired) electrons. The minimum absolute atomic E-state index is 0.151. The first-order chi connectivity index (χ1) is 14.0. The number of para-hydroxylation sites is 1. The zero-order valence-electron chi connectivity index (χ0n) is 16.5. The van der Waals surface area contributed by atoms with E-state index in [1.165, 1.54) is 4.90 Å². The highest BCUT2D eigenvalue weighted by Gasteiger charge is 2.27. The largest absolute Gasteiger partial charge is 0.467 e. The van der Waals surface area contributed by atoms with Gasteiger partial charge in [0.15, 0.2) is 0 Å². The molecule has 1 saturated heterocycles. The van der Waals surface area contributed by atoms with Crippen LogP contribution < -0.4 is 16.0 Å². The Labute approximate surface area is 169 Å². The number of hydrogen-bond acceptors (Lipinski definition) is 5. The molecule has 0 bridgehead atoms. The fourth-order valence-corrected chi connectivity index (χ4v) is 3.50. The van der Waals surface area contributed by atoms with Crippen LogP contribution in [0.15, 0.2) is 47.1 Å². The summed E-state index contributed by atoms with van der Waals surface area (Å²) in [6.07, 6.45) is 3.14. The molecule has 154 valence electrons. The molecule has 3 N–H and O–H groups in total. The minimum atomic E-state index is -0.325. The van der Waals surface area contributed by atoms with Crippen LogP contribution in [0, 0.1) is 5.92 Å². The normalized spacial score (nSPS) is 16.9. The highest BCUT2D eigenvalue weighted by molar-refractivity contribution is 6.05. The predicted octanol–water partition coefficient (Wildman–Crippen LogP) is 1.37. The highest BCUT2D eigenvalue weighted by atomic mass is 16.3. The van der Waals surface area contributed by atoms with Gasteiger partial charge in [-0.1, -0.05) is 12.1 Å². The molecule has 8 heteroatoms. The molecule has 1 aromatic heterocycles. The van der Waals surface area contributed by atoms with Crippen LogP contribution in [0.5, 0.6) is 0 Å². The second-order valence-corrected chi connectivity index (χ2v) is 7.21. The van der Waals surface area contributed by atoms with Gasteiger partial charge in [0.25, 0.3) is 5.91 Å². The van der Waals surface area contributed by atoms with Gasteiger partial charge in [-0.05, 0) is 43.7 Å². The van der Waals surface area contributed by atoms with Gasteiger partial charge in [-0.25, -0.2) is 0 Å². The summed E-state index contributed by atoms with van der Waals surface area (Å²) in [5.74, 6) is -0.338. The van der Waals surface area contributed by atoms with Crippen molar-refractivity contribution in [1.29, 1.82) is 0 Å². The van der Waals surface area contributed by atoms with Crippen molar-refractivity contribution in [2.45, 2.75) is 19.4 Å². The lowest BCUT2D eigenvalue weighted by Crippen LogP contribution is -2.46. The van der Waals surface area contributed by atoms with Gasteiger partial charge in [0.2, 0.25) is 11.8 Å². The average molecular weight is 398 g/mol. The first-order valence-corrected chi connectivity index (χ1v) is 9.63. The molecule has 0 spiro atoms. The monoisotopic (exact) mass is 398 g/mol. The molecule has 2 heterocycles. The molecule has 1 aliphatic heterocycles. The van der Waals surface area contributed by atoms with E-state index in [1.54, 1.807) is 49.7 Å². The number of nitrogens with two attached hydrogens (primary N) is 1. The van der Waals surface area contributed by atoms with E-state index >= 15 is 0 Å². The van der Waals surface area contributed by atoms with E-state index < -0.39 is 0 Å². The fourth-order valence-electron chi connectivity index (χ4n) is 3.50. The number of furan rings is 1. The van der Waals surface area contributed by atoms with Crippen LogP contribution in [0.3, 0.4) is 0 Å². The van der Waals surface area contributed by atoms with Crippen molar-refractivity contribution in [2.75, 3.05) is 31.6 Å². The Balaban J connectivity index is 1.65. The summed E-state index contributed by atoms with van der Waals surface area (Å²) in [4.78, 5) is 40.4. The van der Waals surface area contributed by atoms with Crippen molar-refractivity contribution in [3.05, 3.63) is 54.0 Å². The molecule has 1 aliphatic rings. The van der Waals surface area contributed by atoms with Crippen molar-refractivity contribution >= 4 is 23.4 Å². The standard InChI is InChI=1S/C21H26N4O4/c1-24(19(26)14-25-10-4-6-15(13-25)20(22)27)18-9-3-2-8-17(18)21(28)23-12-16-7-5-11-29-16/h2-3,5,7-9,11,15H,4,6,10,12-14H2,1H3,(H2,22,27)(H,23,28)/t15-/m1/s1. The highest BCUT2D eigenvalue weighted by Crippen LogP contribution is 2.21. The van der Waals surface area contributed by atoms with Gasteiger partial charge in [0.1, 0.15) is 5.76 Å². The molecule has 0 aliphatic carbocycles. The number of carbonyl (C=O) groups excluding carboxylic acids is 3. The van der Waals surface area contributed by atoms with E-state index in [4.69, 9.17) is 10.2 Å². The number of hydrogen-bond donors (Lipinski definition) is 2. The molecule has 2 aromatic rings. The number of piperidine rings is 1. The molecule has 1 aromatic carbocycles. The maximum Gasteiger partial charge on any atom is 0.253 e. The second kappa shape index (κ2) is 9.38. The van der Waals surface area contributed by atoms with Crippen LogP contribution in [-0.4, -0.2) is 49.3 Å². The fraction of sp³-hybridized carbons (Fsp3) is 0.381. The lowest BCUT2D eigenvalue weighted by Gasteiger charge is -2.32. The van der Waals surface area contributed by atoms with Gasteiger partial charge in [0, 0.05) is 13.6 Å². The molecular weight excluding hydrogens is 372 g/mol. The smallest absolute Gasteiger partial charge is 0.253 e. The first-order valence-electron chi connectivity index (χ1n) is 9.63. The Morgan fingerprint density at radius 1 is 1.24 bits per heavy atom. The predicted molar refractivity (Wildman–Crippen MR) is 108 cm³/mol. The van der Waals surface area contributed by atoms with Crippen LogP contribution in [0.1, 0.15) is 29.0 Å². The lowest BCUT2D eigenvalue weighted by atomic mass is 9.97. The summed E-state index contributed by atoms with van der Waals surface area (Å²) in [5.41, 5.74) is 6.35. The molecule has 0 saturated carbocycles. The molecule has 1 fully saturated rings. The summed E-state index contributed by atoms with van der Waals surface area (Å²) in [6.45, 7) is 1.66. The second-order valence-electron chi connectivity index (χ2n) is 7.21. The zero-order chi connectivity index (χ0) is 20.8. The van der Waals surface area contributed by atoms with E-state index in [9.17, 15) is 14.4 Å². The van der Waals surface area contributed by atoms with E-state index in [-0.39, 0.29) is 36.7 Å². The van der Waals surface area contributed by atoms with Gasteiger partial charge < -0.3 is 20.4 Å². The maximum absolute atomic E-state index is 12.8. The summed E-state index contributed by atoms with van der Waals surface area (Å²) in [7, 11) is 1.65. The summed E-state index contributed by atoms with van der Waals surface area (Å²) < 4.78 is 5.23. The number of nitrogens with zero attached hydrogens (tertiary/aromatic N) is 2. The van der Waals surface area contributed by atoms with Crippen LogP contribution in [0.4, 0.5) is 5.69 Å². The number of rotatable bonds is 7. The van der Waals surface area contributed by atoms with E-state index in [2.05, 4.69) is 5.32 Å². The summed E-state index contributed by atoms with van der Waals surface area (Å²) in [5, 5.41) is 2.80. The Hall–Kier alpha value is -3.13. The van der Waals surface area contributed by atoms with E-state index in [0.29, 0.717) is 23.6 Å². The first kappa shape index (κ1) is 20.6. The van der Waals surface area contributed by atoms with Crippen molar-refractivity contribution in [2.24, 2.45) is 11.7 Å². The number of primary amides is 1. The van der Waals surface area contributed by atoms with Gasteiger partial charge in [-0.3, -0.25) is 19.3 Å². The third-order valence-electron chi connectivity index (χ3n) is 5.15. The number of carbonyl (C=O) groups is 3. The molecule has 29 heavy (non-hydrogen) atoms. The van der Waals surface area contributed by atoms with Crippen LogP contribution in [-0.2, 0) is 16.1 Å². The van der Waals surface area contributed by atoms with Crippen LogP contribution in [0.25, 0.3) is 0 Å². The Morgan fingerprint density at radius 3 is 2.76 bits per heavy atom. The topological polar surface area (TPSA) is 109 Å². The Bertz CT molecular complexity index is 865. The van der Waals surface area contributed by atoms with E-state index in [0.717, 1.165) is 19.4 Å². The third-order valence-corrected chi connectivity index (χ3v) is 5.15. The number of amides is 3. The molecule has 3 rings (SSSR count). The van der Waals surface area contributed by atoms with Gasteiger partial charge in [-0.15, -0.1) is 0 Å². The quantitative estimate of drug-likeness (QED) is 0.732. The van der Waals surface area contributed by atoms with Crippen molar-refractivity contribution in [1.82, 2.24) is 10.2 Å². The Kier molecular flexibility index (Phi) is 6.66. The lowest BCUT2D eigenvalue weighted by molar-refractivity contribution is -0.125. The number of anilines is 1. The van der Waals surface area contributed by atoms with E-state index in [1.807, 2.05) is 4.90 Å². The molecule has 0 unspecified atom stereocenters. The molecule has 8 nitrogen and oxygen atoms in total. The number of likely N-dealkylation sites (tertiary alicyclic amines) is 1. The average Bonchev–Trinajstić information content (AvgIpc) is 3.25. The van der Waals surface area contributed by atoms with Gasteiger partial charge >= 0.3 is 0 Å². The molecule has 3 amide bonds. The zero-order valence-corrected chi connectivity index (χ0v) is 16.5. The molecular formula is C21H26N4O4. The van der Waals surface area contributed by atoms with Gasteiger partial charge in [-0.2, -0.15) is 0 Å². The number of likely N-dealkylation sites (N-methyl/N-ethyl adjacent to an activating group) is 1. The minimum Gasteiger partial charge on any atom is -0.467 e. The van der Waals surface area contributed by atoms with Crippen molar-refractivity contribution in [3.8, 4) is 0 Å². The van der Waals surface area contributed by atoms with Crippen molar-refractivity contribution < 1.29 is 18.8 Å². The number of nitrogens with one attached hydrogen (secondary N) is 1.